The molecule has 0 heterocycles. The van der Waals surface area contributed by atoms with Gasteiger partial charge in [-0.05, 0) is 84.9 Å². The number of hydrogen-bond donors (Lipinski definition) is 0. The molecule has 0 aliphatic rings. The number of esters is 2. The van der Waals surface area contributed by atoms with Crippen molar-refractivity contribution in [3.63, 3.8) is 0 Å². The van der Waals surface area contributed by atoms with E-state index in [-0.39, 0.29) is 22.8 Å². The van der Waals surface area contributed by atoms with Crippen LogP contribution >= 0.6 is 0 Å². The fourth-order valence-electron chi connectivity index (χ4n) is 3.00. The van der Waals surface area contributed by atoms with Gasteiger partial charge >= 0.3 is 18.1 Å². The van der Waals surface area contributed by atoms with E-state index < -0.39 is 18.1 Å². The zero-order chi connectivity index (χ0) is 25.3. The zero-order valence-electron chi connectivity index (χ0n) is 19.1. The lowest BCUT2D eigenvalue weighted by atomic mass is 10.2. The Kier molecular flexibility index (Phi) is 7.57. The Morgan fingerprint density at radius 3 is 1.25 bits per heavy atom. The molecule has 4 aromatic carbocycles. The summed E-state index contributed by atoms with van der Waals surface area (Å²) in [5.74, 6) is 0.577. The highest BCUT2D eigenvalue weighted by atomic mass is 16.7. The van der Waals surface area contributed by atoms with Crippen LogP contribution in [0.1, 0.15) is 20.7 Å². The van der Waals surface area contributed by atoms with Gasteiger partial charge in [0.2, 0.25) is 0 Å². The normalized spacial score (nSPS) is 10.1. The molecule has 0 amide bonds. The highest BCUT2D eigenvalue weighted by Crippen LogP contribution is 2.21. The van der Waals surface area contributed by atoms with E-state index in [1.807, 2.05) is 0 Å². The molecule has 0 aromatic heterocycles. The van der Waals surface area contributed by atoms with E-state index in [9.17, 15) is 14.4 Å². The summed E-state index contributed by atoms with van der Waals surface area (Å²) < 4.78 is 25.9. The van der Waals surface area contributed by atoms with Crippen molar-refractivity contribution in [1.82, 2.24) is 0 Å². The summed E-state index contributed by atoms with van der Waals surface area (Å²) in [6, 6.07) is 26.9. The third-order valence-corrected chi connectivity index (χ3v) is 4.81. The van der Waals surface area contributed by atoms with Crippen LogP contribution in [-0.2, 0) is 0 Å². The third-order valence-electron chi connectivity index (χ3n) is 4.81. The van der Waals surface area contributed by atoms with Gasteiger partial charge in [0.05, 0.1) is 18.2 Å². The molecule has 180 valence electrons. The Morgan fingerprint density at radius 1 is 0.444 bits per heavy atom. The predicted molar refractivity (Wildman–Crippen MR) is 129 cm³/mol. The van der Waals surface area contributed by atoms with Crippen LogP contribution in [0.3, 0.4) is 0 Å². The Hall–Kier alpha value is -5.11. The number of carbonyl (C=O) groups is 3. The van der Waals surface area contributed by atoms with Crippen LogP contribution in [0.15, 0.2) is 103 Å². The number of rotatable bonds is 7. The molecule has 36 heavy (non-hydrogen) atoms. The van der Waals surface area contributed by atoms with Crippen LogP contribution < -0.4 is 23.7 Å². The minimum absolute atomic E-state index is 0.221. The molecular weight excluding hydrogens is 464 g/mol. The molecule has 0 saturated carbocycles. The first-order valence-electron chi connectivity index (χ1n) is 10.7. The summed E-state index contributed by atoms with van der Waals surface area (Å²) in [5.41, 5.74) is 0.617. The number of benzene rings is 4. The van der Waals surface area contributed by atoms with Crippen molar-refractivity contribution in [3.05, 3.63) is 114 Å². The number of para-hydroxylation sites is 1. The second-order valence-electron chi connectivity index (χ2n) is 7.27. The van der Waals surface area contributed by atoms with Gasteiger partial charge in [0.15, 0.2) is 0 Å². The minimum Gasteiger partial charge on any atom is -0.497 e. The fourth-order valence-corrected chi connectivity index (χ4v) is 3.00. The zero-order valence-corrected chi connectivity index (χ0v) is 19.1. The third kappa shape index (κ3) is 6.48. The van der Waals surface area contributed by atoms with Crippen LogP contribution in [0.4, 0.5) is 4.79 Å². The second kappa shape index (κ2) is 11.3. The highest BCUT2D eigenvalue weighted by molar-refractivity contribution is 5.92. The summed E-state index contributed by atoms with van der Waals surface area (Å²) in [5, 5.41) is 0. The van der Waals surface area contributed by atoms with Gasteiger partial charge in [-0.25, -0.2) is 14.4 Å². The average Bonchev–Trinajstić information content (AvgIpc) is 2.90. The van der Waals surface area contributed by atoms with E-state index in [0.717, 1.165) is 0 Å². The predicted octanol–water partition coefficient (Wildman–Crippen LogP) is 5.71. The van der Waals surface area contributed by atoms with Crippen molar-refractivity contribution in [3.8, 4) is 28.7 Å². The van der Waals surface area contributed by atoms with Crippen LogP contribution in [0.5, 0.6) is 28.7 Å². The number of methoxy groups -OCH3 is 1. The molecule has 0 N–H and O–H groups in total. The molecule has 0 saturated heterocycles. The van der Waals surface area contributed by atoms with Gasteiger partial charge in [-0.1, -0.05) is 18.2 Å². The molecule has 4 aromatic rings. The Morgan fingerprint density at radius 2 is 0.806 bits per heavy atom. The molecule has 0 bridgehead atoms. The van der Waals surface area contributed by atoms with Gasteiger partial charge in [-0.2, -0.15) is 0 Å². The Labute approximate surface area is 206 Å². The first-order chi connectivity index (χ1) is 17.5. The number of hydrogen-bond acceptors (Lipinski definition) is 8. The summed E-state index contributed by atoms with van der Waals surface area (Å²) in [6.07, 6.45) is -0.890. The SMILES string of the molecule is COc1ccc(C(=O)Oc2ccc(C(=O)Oc3ccc(OC(=O)Oc4ccccc4)cc3)cc2)cc1. The maximum absolute atomic E-state index is 12.4. The van der Waals surface area contributed by atoms with Crippen molar-refractivity contribution >= 4 is 18.1 Å². The van der Waals surface area contributed by atoms with E-state index in [1.165, 1.54) is 55.6 Å². The molecule has 0 radical (unpaired) electrons. The number of carbonyl (C=O) groups excluding carboxylic acids is 3. The summed E-state index contributed by atoms with van der Waals surface area (Å²) in [7, 11) is 1.54. The molecule has 0 aliphatic carbocycles. The lowest BCUT2D eigenvalue weighted by molar-refractivity contribution is 0.0730. The average molecular weight is 484 g/mol. The molecule has 4 rings (SSSR count). The van der Waals surface area contributed by atoms with Crippen molar-refractivity contribution in [2.45, 2.75) is 0 Å². The van der Waals surface area contributed by atoms with Crippen LogP contribution in [-0.4, -0.2) is 25.2 Å². The molecule has 8 nitrogen and oxygen atoms in total. The van der Waals surface area contributed by atoms with E-state index >= 15 is 0 Å². The Balaban J connectivity index is 1.29. The quantitative estimate of drug-likeness (QED) is 0.187. The highest BCUT2D eigenvalue weighted by Gasteiger charge is 2.13. The molecule has 0 atom stereocenters. The molecular formula is C28H20O8. The van der Waals surface area contributed by atoms with Gasteiger partial charge < -0.3 is 23.7 Å². The standard InChI is InChI=1S/C28H20O8/c1-32-21-11-7-19(8-12-21)26(29)33-23-13-9-20(10-14-23)27(30)34-24-15-17-25(18-16-24)36-28(31)35-22-5-3-2-4-6-22/h2-18H,1H3. The topological polar surface area (TPSA) is 97.4 Å². The van der Waals surface area contributed by atoms with Crippen molar-refractivity contribution in [1.29, 1.82) is 0 Å². The van der Waals surface area contributed by atoms with Crippen LogP contribution in [0.2, 0.25) is 0 Å². The Bertz CT molecular complexity index is 1330. The minimum atomic E-state index is -0.890. The molecule has 8 heteroatoms. The van der Waals surface area contributed by atoms with Crippen molar-refractivity contribution < 1.29 is 38.1 Å². The van der Waals surface area contributed by atoms with Crippen molar-refractivity contribution in [2.75, 3.05) is 7.11 Å². The molecule has 0 fully saturated rings. The van der Waals surface area contributed by atoms with Gasteiger partial charge in [0.1, 0.15) is 28.7 Å². The monoisotopic (exact) mass is 484 g/mol. The van der Waals surface area contributed by atoms with Gasteiger partial charge in [-0.3, -0.25) is 0 Å². The maximum atomic E-state index is 12.4. The summed E-state index contributed by atoms with van der Waals surface area (Å²) >= 11 is 0. The van der Waals surface area contributed by atoms with Gasteiger partial charge in [-0.15, -0.1) is 0 Å². The fraction of sp³-hybridized carbons (Fsp3) is 0.0357. The van der Waals surface area contributed by atoms with E-state index in [1.54, 1.807) is 54.6 Å². The van der Waals surface area contributed by atoms with E-state index in [4.69, 9.17) is 23.7 Å². The van der Waals surface area contributed by atoms with Crippen LogP contribution in [0.25, 0.3) is 0 Å². The smallest absolute Gasteiger partial charge is 0.497 e. The lowest BCUT2D eigenvalue weighted by Crippen LogP contribution is -2.13. The first kappa shape index (κ1) is 24.0. The first-order valence-corrected chi connectivity index (χ1v) is 10.7. The van der Waals surface area contributed by atoms with Gasteiger partial charge in [0, 0.05) is 0 Å². The van der Waals surface area contributed by atoms with Crippen LogP contribution in [0, 0.1) is 0 Å². The second-order valence-corrected chi connectivity index (χ2v) is 7.27. The van der Waals surface area contributed by atoms with Crippen molar-refractivity contribution in [2.24, 2.45) is 0 Å². The van der Waals surface area contributed by atoms with E-state index in [2.05, 4.69) is 0 Å². The number of ether oxygens (including phenoxy) is 5. The molecule has 0 aliphatic heterocycles. The maximum Gasteiger partial charge on any atom is 0.519 e. The summed E-state index contributed by atoms with van der Waals surface area (Å²) in [6.45, 7) is 0. The van der Waals surface area contributed by atoms with Gasteiger partial charge in [0.25, 0.3) is 0 Å². The molecule has 0 spiro atoms. The largest absolute Gasteiger partial charge is 0.519 e. The van der Waals surface area contributed by atoms with E-state index in [0.29, 0.717) is 17.1 Å². The summed E-state index contributed by atoms with van der Waals surface area (Å²) in [4.78, 5) is 36.6. The molecule has 0 unspecified atom stereocenters. The lowest BCUT2D eigenvalue weighted by Gasteiger charge is -2.08.